The third-order valence-corrected chi connectivity index (χ3v) is 3.26. The van der Waals surface area contributed by atoms with Crippen LogP contribution < -0.4 is 16.2 Å². The first kappa shape index (κ1) is 15.0. The second-order valence-corrected chi connectivity index (χ2v) is 4.77. The molecule has 1 amide bonds. The van der Waals surface area contributed by atoms with Crippen LogP contribution in [0.25, 0.3) is 10.8 Å². The van der Waals surface area contributed by atoms with Crippen LogP contribution in [0.5, 0.6) is 0 Å². The van der Waals surface area contributed by atoms with Crippen LogP contribution in [0, 0.1) is 0 Å². The number of hydrogen-bond acceptors (Lipinski definition) is 4. The van der Waals surface area contributed by atoms with Crippen molar-refractivity contribution in [2.24, 2.45) is 0 Å². The average molecular weight is 291 g/mol. The Morgan fingerprint density at radius 1 is 1.19 bits per heavy atom. The van der Waals surface area contributed by atoms with Crippen LogP contribution in [0.3, 0.4) is 0 Å². The molecule has 0 saturated carbocycles. The second kappa shape index (κ2) is 6.36. The molecule has 7 heteroatoms. The van der Waals surface area contributed by atoms with Crippen LogP contribution in [-0.4, -0.2) is 21.3 Å². The minimum Gasteiger partial charge on any atom is -0.281 e. The molecule has 0 atom stereocenters. The van der Waals surface area contributed by atoms with E-state index in [4.69, 9.17) is 0 Å². The normalized spacial score (nSPS) is 10.8. The highest BCUT2D eigenvalue weighted by Gasteiger charge is 2.18. The molecule has 0 fully saturated rings. The third kappa shape index (κ3) is 3.03. The van der Waals surface area contributed by atoms with Gasteiger partial charge in [-0.2, -0.15) is 5.06 Å². The number of carbonyl (C=O) groups is 1. The van der Waals surface area contributed by atoms with Gasteiger partial charge in [0.15, 0.2) is 0 Å². The van der Waals surface area contributed by atoms with Crippen LogP contribution in [0.1, 0.15) is 32.6 Å². The van der Waals surface area contributed by atoms with Gasteiger partial charge in [-0.3, -0.25) is 29.8 Å². The van der Waals surface area contributed by atoms with Crippen molar-refractivity contribution in [3.05, 3.63) is 38.9 Å². The van der Waals surface area contributed by atoms with Crippen molar-refractivity contribution in [1.82, 2.24) is 10.2 Å². The minimum absolute atomic E-state index is 0.00686. The molecule has 21 heavy (non-hydrogen) atoms. The highest BCUT2D eigenvalue weighted by Crippen LogP contribution is 2.21. The van der Waals surface area contributed by atoms with Gasteiger partial charge >= 0.3 is 0 Å². The van der Waals surface area contributed by atoms with Crippen LogP contribution in [-0.2, 0) is 4.79 Å². The topological polar surface area (TPSA) is 106 Å². The summed E-state index contributed by atoms with van der Waals surface area (Å²) in [6, 6.07) is 4.39. The maximum atomic E-state index is 11.9. The lowest BCUT2D eigenvalue weighted by Crippen LogP contribution is -2.29. The highest BCUT2D eigenvalue weighted by atomic mass is 16.5. The zero-order valence-electron chi connectivity index (χ0n) is 11.7. The Labute approximate surface area is 120 Å². The Balaban J connectivity index is 2.42. The first-order chi connectivity index (χ1) is 10.1. The highest BCUT2D eigenvalue weighted by molar-refractivity contribution is 6.01. The molecule has 1 aromatic heterocycles. The molecule has 0 aliphatic rings. The van der Waals surface area contributed by atoms with Gasteiger partial charge in [-0.1, -0.05) is 25.8 Å². The summed E-state index contributed by atoms with van der Waals surface area (Å²) in [7, 11) is 0. The van der Waals surface area contributed by atoms with Gasteiger partial charge in [0.05, 0.1) is 16.5 Å². The maximum absolute atomic E-state index is 11.9. The molecule has 0 radical (unpaired) electrons. The van der Waals surface area contributed by atoms with Crippen molar-refractivity contribution < 1.29 is 10.0 Å². The van der Waals surface area contributed by atoms with Crippen LogP contribution >= 0.6 is 0 Å². The summed E-state index contributed by atoms with van der Waals surface area (Å²) in [5.41, 5.74) is -1.04. The fraction of sp³-hybridized carbons (Fsp3) is 0.357. The number of carbonyl (C=O) groups excluding carboxylic acids is 1. The van der Waals surface area contributed by atoms with E-state index in [9.17, 15) is 19.6 Å². The van der Waals surface area contributed by atoms with Crippen molar-refractivity contribution in [3.8, 4) is 0 Å². The monoisotopic (exact) mass is 291 g/mol. The Kier molecular flexibility index (Phi) is 4.54. The number of nitrogens with one attached hydrogen (secondary N) is 2. The third-order valence-electron chi connectivity index (χ3n) is 3.26. The predicted molar refractivity (Wildman–Crippen MR) is 78.6 cm³/mol. The Bertz CT molecular complexity index is 763. The molecule has 7 nitrogen and oxygen atoms in total. The molecule has 0 unspecified atom stereocenters. The van der Waals surface area contributed by atoms with E-state index in [1.165, 1.54) is 18.2 Å². The van der Waals surface area contributed by atoms with Crippen molar-refractivity contribution in [2.45, 2.75) is 32.6 Å². The van der Waals surface area contributed by atoms with Gasteiger partial charge < -0.3 is 0 Å². The van der Waals surface area contributed by atoms with Crippen molar-refractivity contribution in [2.75, 3.05) is 5.06 Å². The number of anilines is 1. The summed E-state index contributed by atoms with van der Waals surface area (Å²) in [5.74, 6) is -0.504. The number of aromatic amines is 2. The van der Waals surface area contributed by atoms with Gasteiger partial charge in [-0.25, -0.2) is 0 Å². The lowest BCUT2D eigenvalue weighted by Gasteiger charge is -2.16. The first-order valence-corrected chi connectivity index (χ1v) is 6.81. The maximum Gasteiger partial charge on any atom is 0.272 e. The van der Waals surface area contributed by atoms with Gasteiger partial charge in [0.1, 0.15) is 0 Å². The van der Waals surface area contributed by atoms with E-state index >= 15 is 0 Å². The molecule has 1 aromatic carbocycles. The molecule has 3 N–H and O–H groups in total. The Hall–Kier alpha value is -2.41. The summed E-state index contributed by atoms with van der Waals surface area (Å²) in [6.07, 6.45) is 2.69. The van der Waals surface area contributed by atoms with E-state index in [0.717, 1.165) is 12.8 Å². The number of H-pyrrole nitrogens is 2. The minimum atomic E-state index is -0.569. The SMILES string of the molecule is CCCCCC(=O)N(O)c1cccc2c(=O)[nH][nH]c(=O)c12. The second-order valence-electron chi connectivity index (χ2n) is 4.77. The molecular weight excluding hydrogens is 274 g/mol. The molecular formula is C14H17N3O4. The standard InChI is InChI=1S/C14H17N3O4/c1-2-3-4-8-11(18)17(21)10-7-5-6-9-12(10)14(20)16-15-13(9)19/h5-7,21H,2-4,8H2,1H3,(H,15,19)(H,16,20). The number of nitrogens with zero attached hydrogens (tertiary/aromatic N) is 1. The van der Waals surface area contributed by atoms with Gasteiger partial charge in [0.25, 0.3) is 17.0 Å². The number of aromatic nitrogens is 2. The lowest BCUT2D eigenvalue weighted by molar-refractivity contribution is -0.123. The molecule has 2 aromatic rings. The van der Waals surface area contributed by atoms with Gasteiger partial charge in [-0.15, -0.1) is 0 Å². The average Bonchev–Trinajstić information content (AvgIpc) is 2.50. The van der Waals surface area contributed by atoms with Crippen LogP contribution in [0.2, 0.25) is 0 Å². The molecule has 0 aliphatic carbocycles. The molecule has 0 spiro atoms. The van der Waals surface area contributed by atoms with E-state index in [2.05, 4.69) is 10.2 Å². The number of benzene rings is 1. The molecule has 0 aliphatic heterocycles. The number of hydroxylamine groups is 1. The van der Waals surface area contributed by atoms with Crippen molar-refractivity contribution >= 4 is 22.4 Å². The smallest absolute Gasteiger partial charge is 0.272 e. The summed E-state index contributed by atoms with van der Waals surface area (Å²) in [5, 5.41) is 15.0. The summed E-state index contributed by atoms with van der Waals surface area (Å²) < 4.78 is 0. The molecule has 112 valence electrons. The Morgan fingerprint density at radius 3 is 2.62 bits per heavy atom. The quantitative estimate of drug-likeness (QED) is 0.441. The number of amides is 1. The Morgan fingerprint density at radius 2 is 1.90 bits per heavy atom. The van der Waals surface area contributed by atoms with E-state index in [1.807, 2.05) is 6.92 Å². The van der Waals surface area contributed by atoms with Gasteiger partial charge in [0.2, 0.25) is 0 Å². The van der Waals surface area contributed by atoms with E-state index in [0.29, 0.717) is 11.5 Å². The fourth-order valence-electron chi connectivity index (χ4n) is 2.15. The zero-order chi connectivity index (χ0) is 15.4. The largest absolute Gasteiger partial charge is 0.281 e. The number of hydrogen-bond donors (Lipinski definition) is 3. The van der Waals surface area contributed by atoms with Crippen molar-refractivity contribution in [1.29, 1.82) is 0 Å². The van der Waals surface area contributed by atoms with E-state index in [-0.39, 0.29) is 22.9 Å². The lowest BCUT2D eigenvalue weighted by atomic mass is 10.1. The summed E-state index contributed by atoms with van der Waals surface area (Å²) in [4.78, 5) is 35.5. The van der Waals surface area contributed by atoms with E-state index in [1.54, 1.807) is 0 Å². The molecule has 0 saturated heterocycles. The molecule has 2 rings (SSSR count). The number of unbranched alkanes of at least 4 members (excludes halogenated alkanes) is 2. The van der Waals surface area contributed by atoms with E-state index < -0.39 is 17.0 Å². The number of rotatable bonds is 5. The predicted octanol–water partition coefficient (Wildman–Crippen LogP) is 1.52. The fourth-order valence-corrected chi connectivity index (χ4v) is 2.15. The molecule has 1 heterocycles. The summed E-state index contributed by atoms with van der Waals surface area (Å²) in [6.45, 7) is 2.01. The summed E-state index contributed by atoms with van der Waals surface area (Å²) >= 11 is 0. The van der Waals surface area contributed by atoms with Crippen molar-refractivity contribution in [3.63, 3.8) is 0 Å². The number of fused-ring (bicyclic) bond motifs is 1. The van der Waals surface area contributed by atoms with Gasteiger partial charge in [-0.05, 0) is 18.6 Å². The zero-order valence-corrected chi connectivity index (χ0v) is 11.7. The van der Waals surface area contributed by atoms with Crippen LogP contribution in [0.15, 0.2) is 27.8 Å². The molecule has 0 bridgehead atoms. The van der Waals surface area contributed by atoms with Crippen LogP contribution in [0.4, 0.5) is 5.69 Å². The first-order valence-electron chi connectivity index (χ1n) is 6.81. The van der Waals surface area contributed by atoms with Gasteiger partial charge in [0, 0.05) is 6.42 Å².